The maximum atomic E-state index is 12.3. The van der Waals surface area contributed by atoms with E-state index in [1.807, 2.05) is 0 Å². The van der Waals surface area contributed by atoms with E-state index in [0.717, 1.165) is 0 Å². The van der Waals surface area contributed by atoms with Crippen LogP contribution in [0.3, 0.4) is 0 Å². The van der Waals surface area contributed by atoms with E-state index in [0.29, 0.717) is 5.56 Å². The molecule has 2 aromatic carbocycles. The molecular formula is C16H14ClNO5S. The van der Waals surface area contributed by atoms with E-state index in [1.165, 1.54) is 48.5 Å². The largest absolute Gasteiger partial charge is 0.462 e. The maximum Gasteiger partial charge on any atom is 0.338 e. The molecule has 0 fully saturated rings. The molecule has 6 nitrogen and oxygen atoms in total. The quantitative estimate of drug-likeness (QED) is 0.626. The molecule has 1 N–H and O–H groups in total. The predicted molar refractivity (Wildman–Crippen MR) is 89.8 cm³/mol. The average molecular weight is 368 g/mol. The lowest BCUT2D eigenvalue weighted by Gasteiger charge is -2.09. The lowest BCUT2D eigenvalue weighted by Crippen LogP contribution is -2.13. The Kier molecular flexibility index (Phi) is 5.58. The third kappa shape index (κ3) is 4.33. The van der Waals surface area contributed by atoms with E-state index in [2.05, 4.69) is 4.72 Å². The Morgan fingerprint density at radius 1 is 1.08 bits per heavy atom. The second kappa shape index (κ2) is 7.46. The molecule has 8 heteroatoms. The van der Waals surface area contributed by atoms with Crippen LogP contribution in [0.2, 0.25) is 0 Å². The van der Waals surface area contributed by atoms with Gasteiger partial charge < -0.3 is 4.74 Å². The molecular weight excluding hydrogens is 354 g/mol. The topological polar surface area (TPSA) is 89.5 Å². The van der Waals surface area contributed by atoms with Gasteiger partial charge in [0.05, 0.1) is 17.1 Å². The zero-order valence-electron chi connectivity index (χ0n) is 12.7. The van der Waals surface area contributed by atoms with Gasteiger partial charge in [-0.25, -0.2) is 13.2 Å². The van der Waals surface area contributed by atoms with Crippen molar-refractivity contribution in [3.05, 3.63) is 59.7 Å². The highest BCUT2D eigenvalue weighted by Gasteiger charge is 2.16. The lowest BCUT2D eigenvalue weighted by molar-refractivity contribution is 0.0526. The monoisotopic (exact) mass is 367 g/mol. The van der Waals surface area contributed by atoms with E-state index < -0.39 is 21.2 Å². The highest BCUT2D eigenvalue weighted by molar-refractivity contribution is 7.92. The SMILES string of the molecule is CCOC(=O)c1ccc(NS(=O)(=O)c2cccc(C(=O)Cl)c2)cc1. The number of carbonyl (C=O) groups is 2. The van der Waals surface area contributed by atoms with Crippen molar-refractivity contribution in [1.82, 2.24) is 0 Å². The normalized spacial score (nSPS) is 10.9. The smallest absolute Gasteiger partial charge is 0.338 e. The number of hydrogen-bond acceptors (Lipinski definition) is 5. The molecule has 0 aromatic heterocycles. The standard InChI is InChI=1S/C16H14ClNO5S/c1-2-23-16(20)11-6-8-13(9-7-11)18-24(21,22)14-5-3-4-12(10-14)15(17)19/h3-10,18H,2H2,1H3. The van der Waals surface area contributed by atoms with Crippen molar-refractivity contribution in [2.75, 3.05) is 11.3 Å². The lowest BCUT2D eigenvalue weighted by atomic mass is 10.2. The number of benzene rings is 2. The zero-order chi connectivity index (χ0) is 17.7. The summed E-state index contributed by atoms with van der Waals surface area (Å²) in [6.07, 6.45) is 0. The summed E-state index contributed by atoms with van der Waals surface area (Å²) < 4.78 is 31.9. The summed E-state index contributed by atoms with van der Waals surface area (Å²) in [6, 6.07) is 11.2. The summed E-state index contributed by atoms with van der Waals surface area (Å²) in [5.41, 5.74) is 0.664. The minimum Gasteiger partial charge on any atom is -0.462 e. The van der Waals surface area contributed by atoms with Crippen molar-refractivity contribution in [1.29, 1.82) is 0 Å². The second-order valence-electron chi connectivity index (χ2n) is 4.70. The Labute approximate surface area is 144 Å². The molecule has 0 amide bonds. The first-order chi connectivity index (χ1) is 11.3. The van der Waals surface area contributed by atoms with Crippen molar-refractivity contribution >= 4 is 38.5 Å². The van der Waals surface area contributed by atoms with E-state index in [9.17, 15) is 18.0 Å². The summed E-state index contributed by atoms with van der Waals surface area (Å²) >= 11 is 5.36. The van der Waals surface area contributed by atoms with Gasteiger partial charge in [0.2, 0.25) is 0 Å². The number of sulfonamides is 1. The predicted octanol–water partition coefficient (Wildman–Crippen LogP) is 3.04. The minimum absolute atomic E-state index is 0.0807. The van der Waals surface area contributed by atoms with Gasteiger partial charge in [0.15, 0.2) is 0 Å². The molecule has 0 aliphatic carbocycles. The molecule has 2 rings (SSSR count). The van der Waals surface area contributed by atoms with Crippen molar-refractivity contribution in [3.8, 4) is 0 Å². The number of halogens is 1. The van der Waals surface area contributed by atoms with Gasteiger partial charge in [0.1, 0.15) is 0 Å². The molecule has 0 radical (unpaired) electrons. The van der Waals surface area contributed by atoms with Crippen molar-refractivity contribution in [2.24, 2.45) is 0 Å². The van der Waals surface area contributed by atoms with Gasteiger partial charge in [0, 0.05) is 11.3 Å². The van der Waals surface area contributed by atoms with Crippen LogP contribution in [0.15, 0.2) is 53.4 Å². The number of anilines is 1. The summed E-state index contributed by atoms with van der Waals surface area (Å²) in [4.78, 5) is 22.6. The molecule has 2 aromatic rings. The molecule has 0 atom stereocenters. The van der Waals surface area contributed by atoms with Crippen molar-refractivity contribution < 1.29 is 22.7 Å². The van der Waals surface area contributed by atoms with Gasteiger partial charge in [-0.3, -0.25) is 9.52 Å². The van der Waals surface area contributed by atoms with Crippen LogP contribution < -0.4 is 4.72 Å². The molecule has 0 bridgehead atoms. The Morgan fingerprint density at radius 3 is 2.33 bits per heavy atom. The van der Waals surface area contributed by atoms with Crippen LogP contribution in [0, 0.1) is 0 Å². The van der Waals surface area contributed by atoms with E-state index in [-0.39, 0.29) is 22.8 Å². The zero-order valence-corrected chi connectivity index (χ0v) is 14.2. The fourth-order valence-electron chi connectivity index (χ4n) is 1.89. The summed E-state index contributed by atoms with van der Waals surface area (Å²) in [5, 5.41) is -0.745. The van der Waals surface area contributed by atoms with Crippen LogP contribution in [0.25, 0.3) is 0 Å². The summed E-state index contributed by atoms with van der Waals surface area (Å²) in [5.74, 6) is -0.486. The van der Waals surface area contributed by atoms with E-state index in [4.69, 9.17) is 16.3 Å². The first-order valence-corrected chi connectivity index (χ1v) is 8.79. The minimum atomic E-state index is -3.89. The fraction of sp³-hybridized carbons (Fsp3) is 0.125. The number of rotatable bonds is 6. The van der Waals surface area contributed by atoms with Crippen LogP contribution in [0.1, 0.15) is 27.6 Å². The van der Waals surface area contributed by atoms with Crippen LogP contribution in [-0.4, -0.2) is 26.2 Å². The first kappa shape index (κ1) is 18.0. The van der Waals surface area contributed by atoms with Crippen LogP contribution in [0.4, 0.5) is 5.69 Å². The summed E-state index contributed by atoms with van der Waals surface area (Å²) in [6.45, 7) is 1.95. The molecule has 126 valence electrons. The van der Waals surface area contributed by atoms with Crippen molar-refractivity contribution in [2.45, 2.75) is 11.8 Å². The number of carbonyl (C=O) groups excluding carboxylic acids is 2. The molecule has 0 aliphatic heterocycles. The Hall–Kier alpha value is -2.38. The van der Waals surface area contributed by atoms with Gasteiger partial charge in [-0.15, -0.1) is 0 Å². The van der Waals surface area contributed by atoms with E-state index >= 15 is 0 Å². The molecule has 0 unspecified atom stereocenters. The van der Waals surface area contributed by atoms with Crippen LogP contribution in [-0.2, 0) is 14.8 Å². The fourth-order valence-corrected chi connectivity index (χ4v) is 3.11. The third-order valence-electron chi connectivity index (χ3n) is 3.02. The average Bonchev–Trinajstić information content (AvgIpc) is 2.55. The van der Waals surface area contributed by atoms with Gasteiger partial charge in [-0.2, -0.15) is 0 Å². The van der Waals surface area contributed by atoms with Gasteiger partial charge in [-0.05, 0) is 54.9 Å². The summed E-state index contributed by atoms with van der Waals surface area (Å²) in [7, 11) is -3.89. The van der Waals surface area contributed by atoms with Gasteiger partial charge in [0.25, 0.3) is 15.3 Å². The molecule has 24 heavy (non-hydrogen) atoms. The number of hydrogen-bond donors (Lipinski definition) is 1. The van der Waals surface area contributed by atoms with Crippen LogP contribution in [0.5, 0.6) is 0 Å². The molecule has 0 heterocycles. The Morgan fingerprint density at radius 2 is 1.75 bits per heavy atom. The Bertz CT molecular complexity index is 862. The number of ether oxygens (including phenoxy) is 1. The number of esters is 1. The highest BCUT2D eigenvalue weighted by atomic mass is 35.5. The maximum absolute atomic E-state index is 12.3. The van der Waals surface area contributed by atoms with Crippen molar-refractivity contribution in [3.63, 3.8) is 0 Å². The van der Waals surface area contributed by atoms with E-state index in [1.54, 1.807) is 6.92 Å². The second-order valence-corrected chi connectivity index (χ2v) is 6.73. The number of nitrogens with one attached hydrogen (secondary N) is 1. The third-order valence-corrected chi connectivity index (χ3v) is 4.62. The van der Waals surface area contributed by atoms with Gasteiger partial charge in [-0.1, -0.05) is 12.1 Å². The molecule has 0 saturated carbocycles. The molecule has 0 spiro atoms. The Balaban J connectivity index is 2.22. The molecule has 0 aliphatic rings. The first-order valence-electron chi connectivity index (χ1n) is 6.93. The van der Waals surface area contributed by atoms with Gasteiger partial charge >= 0.3 is 5.97 Å². The highest BCUT2D eigenvalue weighted by Crippen LogP contribution is 2.18. The van der Waals surface area contributed by atoms with Crippen LogP contribution >= 0.6 is 11.6 Å². The molecule has 0 saturated heterocycles.